The molecule has 88 valence electrons. The Hall–Kier alpha value is -1.78. The van der Waals surface area contributed by atoms with Gasteiger partial charge in [0.05, 0.1) is 0 Å². The molecule has 0 aliphatic rings. The average Bonchev–Trinajstić information content (AvgIpc) is 2.59. The summed E-state index contributed by atoms with van der Waals surface area (Å²) in [5.74, 6) is -0.955. The van der Waals surface area contributed by atoms with E-state index in [-0.39, 0.29) is 5.91 Å². The highest BCUT2D eigenvalue weighted by Gasteiger charge is 2.12. The minimum Gasteiger partial charge on any atom is -0.477 e. The van der Waals surface area contributed by atoms with E-state index in [2.05, 4.69) is 5.32 Å². The van der Waals surface area contributed by atoms with Crippen molar-refractivity contribution in [3.8, 4) is 0 Å². The topological polar surface area (TPSA) is 71.3 Å². The number of rotatable bonds is 5. The molecule has 0 radical (unpaired) electrons. The molecule has 16 heavy (non-hydrogen) atoms. The Morgan fingerprint density at radius 3 is 2.75 bits per heavy atom. The second kappa shape index (κ2) is 5.34. The number of hydrogen-bond acceptors (Lipinski definition) is 2. The summed E-state index contributed by atoms with van der Waals surface area (Å²) < 4.78 is 1.67. The Bertz CT molecular complexity index is 396. The van der Waals surface area contributed by atoms with Gasteiger partial charge in [0.25, 0.3) is 0 Å². The van der Waals surface area contributed by atoms with Gasteiger partial charge in [-0.1, -0.05) is 0 Å². The van der Waals surface area contributed by atoms with E-state index in [0.717, 1.165) is 5.56 Å². The number of carboxylic acids is 1. The van der Waals surface area contributed by atoms with Crippen molar-refractivity contribution >= 4 is 11.9 Å². The first-order valence-corrected chi connectivity index (χ1v) is 5.16. The third-order valence-corrected chi connectivity index (χ3v) is 2.45. The van der Waals surface area contributed by atoms with Gasteiger partial charge in [0.15, 0.2) is 0 Å². The zero-order chi connectivity index (χ0) is 12.1. The molecule has 0 spiro atoms. The van der Waals surface area contributed by atoms with Crippen LogP contribution in [0.4, 0.5) is 0 Å². The molecule has 0 saturated heterocycles. The summed E-state index contributed by atoms with van der Waals surface area (Å²) in [5, 5.41) is 11.5. The van der Waals surface area contributed by atoms with Crippen molar-refractivity contribution < 1.29 is 14.7 Å². The normalized spacial score (nSPS) is 10.1. The third-order valence-electron chi connectivity index (χ3n) is 2.45. The molecule has 0 aromatic carbocycles. The minimum absolute atomic E-state index is 0.0271. The molecule has 1 amide bonds. The van der Waals surface area contributed by atoms with Gasteiger partial charge in [0.2, 0.25) is 5.91 Å². The molecule has 5 heteroatoms. The largest absolute Gasteiger partial charge is 0.477 e. The Morgan fingerprint density at radius 2 is 2.19 bits per heavy atom. The number of carbonyl (C=O) groups excluding carboxylic acids is 1. The quantitative estimate of drug-likeness (QED) is 0.784. The number of aryl methyl sites for hydroxylation is 2. The maximum absolute atomic E-state index is 11.0. The molecule has 0 fully saturated rings. The first kappa shape index (κ1) is 12.3. The van der Waals surface area contributed by atoms with Crippen molar-refractivity contribution in [2.24, 2.45) is 0 Å². The summed E-state index contributed by atoms with van der Waals surface area (Å²) in [6.45, 7) is 2.31. The summed E-state index contributed by atoms with van der Waals surface area (Å²) in [7, 11) is 1.59. The molecule has 5 nitrogen and oxygen atoms in total. The van der Waals surface area contributed by atoms with Gasteiger partial charge in [0.1, 0.15) is 5.69 Å². The van der Waals surface area contributed by atoms with Gasteiger partial charge < -0.3 is 15.0 Å². The van der Waals surface area contributed by atoms with E-state index in [1.165, 1.54) is 0 Å². The first-order chi connectivity index (χ1) is 7.56. The predicted molar refractivity (Wildman–Crippen MR) is 59.4 cm³/mol. The lowest BCUT2D eigenvalue weighted by molar-refractivity contribution is -0.120. The molecular formula is C11H16N2O3. The van der Waals surface area contributed by atoms with Crippen LogP contribution in [0.1, 0.15) is 28.9 Å². The highest BCUT2D eigenvalue weighted by Crippen LogP contribution is 2.11. The predicted octanol–water partition coefficient (Wildman–Crippen LogP) is 1.02. The molecule has 0 aliphatic heterocycles. The van der Waals surface area contributed by atoms with Gasteiger partial charge in [-0.25, -0.2) is 4.79 Å². The van der Waals surface area contributed by atoms with Gasteiger partial charge in [-0.3, -0.25) is 4.79 Å². The van der Waals surface area contributed by atoms with Crippen LogP contribution in [0.5, 0.6) is 0 Å². The summed E-state index contributed by atoms with van der Waals surface area (Å²) in [5.41, 5.74) is 1.05. The van der Waals surface area contributed by atoms with Crippen LogP contribution in [-0.4, -0.2) is 28.6 Å². The van der Waals surface area contributed by atoms with E-state index in [1.54, 1.807) is 30.8 Å². The number of aromatic carboxylic acids is 1. The number of carboxylic acid groups (broad SMARTS) is 1. The maximum atomic E-state index is 11.0. The number of hydrogen-bond donors (Lipinski definition) is 2. The maximum Gasteiger partial charge on any atom is 0.352 e. The fourth-order valence-corrected chi connectivity index (χ4v) is 1.59. The monoisotopic (exact) mass is 224 g/mol. The lowest BCUT2D eigenvalue weighted by Crippen LogP contribution is -2.18. The number of amides is 1. The smallest absolute Gasteiger partial charge is 0.352 e. The molecule has 0 aliphatic carbocycles. The molecule has 0 unspecified atom stereocenters. The molecule has 1 aromatic heterocycles. The first-order valence-electron chi connectivity index (χ1n) is 5.16. The fourth-order valence-electron chi connectivity index (χ4n) is 1.59. The van der Waals surface area contributed by atoms with E-state index >= 15 is 0 Å². The van der Waals surface area contributed by atoms with Gasteiger partial charge in [-0.2, -0.15) is 0 Å². The molecule has 0 bridgehead atoms. The molecular weight excluding hydrogens is 208 g/mol. The summed E-state index contributed by atoms with van der Waals surface area (Å²) in [4.78, 5) is 21.9. The van der Waals surface area contributed by atoms with E-state index < -0.39 is 5.97 Å². The number of nitrogens with one attached hydrogen (secondary N) is 1. The molecule has 0 atom stereocenters. The van der Waals surface area contributed by atoms with Crippen molar-refractivity contribution in [1.82, 2.24) is 9.88 Å². The zero-order valence-electron chi connectivity index (χ0n) is 9.49. The molecule has 0 saturated carbocycles. The summed E-state index contributed by atoms with van der Waals surface area (Å²) in [6, 6.07) is 1.77. The van der Waals surface area contributed by atoms with Gasteiger partial charge in [-0.15, -0.1) is 0 Å². The minimum atomic E-state index is -0.928. The third kappa shape index (κ3) is 2.85. The van der Waals surface area contributed by atoms with Crippen LogP contribution in [0.2, 0.25) is 0 Å². The lowest BCUT2D eigenvalue weighted by Gasteiger charge is -2.06. The Labute approximate surface area is 94.1 Å². The van der Waals surface area contributed by atoms with Gasteiger partial charge >= 0.3 is 5.97 Å². The standard InChI is InChI=1S/C11H16N2O3/c1-8-5-7-13(10(8)11(15)16)6-3-4-9(14)12-2/h5,7H,3-4,6H2,1-2H3,(H,12,14)(H,15,16). The molecule has 1 heterocycles. The number of carbonyl (C=O) groups is 2. The second-order valence-electron chi connectivity index (χ2n) is 3.62. The number of nitrogens with zero attached hydrogens (tertiary/aromatic N) is 1. The van der Waals surface area contributed by atoms with Crippen LogP contribution >= 0.6 is 0 Å². The van der Waals surface area contributed by atoms with Crippen LogP contribution < -0.4 is 5.32 Å². The van der Waals surface area contributed by atoms with E-state index in [4.69, 9.17) is 5.11 Å². The van der Waals surface area contributed by atoms with E-state index in [9.17, 15) is 9.59 Å². The second-order valence-corrected chi connectivity index (χ2v) is 3.62. The Kier molecular flexibility index (Phi) is 4.10. The van der Waals surface area contributed by atoms with Crippen LogP contribution in [0.15, 0.2) is 12.3 Å². The lowest BCUT2D eigenvalue weighted by atomic mass is 10.2. The van der Waals surface area contributed by atoms with Crippen molar-refractivity contribution in [1.29, 1.82) is 0 Å². The van der Waals surface area contributed by atoms with Crippen molar-refractivity contribution in [3.05, 3.63) is 23.5 Å². The Balaban J connectivity index is 2.61. The highest BCUT2D eigenvalue weighted by atomic mass is 16.4. The van der Waals surface area contributed by atoms with E-state index in [1.807, 2.05) is 0 Å². The van der Waals surface area contributed by atoms with Crippen molar-refractivity contribution in [2.45, 2.75) is 26.3 Å². The molecule has 1 aromatic rings. The molecule has 1 rings (SSSR count). The molecule has 2 N–H and O–H groups in total. The van der Waals surface area contributed by atoms with Crippen LogP contribution in [0, 0.1) is 6.92 Å². The summed E-state index contributed by atoms with van der Waals surface area (Å²) >= 11 is 0. The number of aromatic nitrogens is 1. The van der Waals surface area contributed by atoms with Gasteiger partial charge in [0, 0.05) is 26.2 Å². The highest BCUT2D eigenvalue weighted by molar-refractivity contribution is 5.87. The van der Waals surface area contributed by atoms with Crippen LogP contribution in [0.3, 0.4) is 0 Å². The SMILES string of the molecule is CNC(=O)CCCn1ccc(C)c1C(=O)O. The fraction of sp³-hybridized carbons (Fsp3) is 0.455. The average molecular weight is 224 g/mol. The van der Waals surface area contributed by atoms with Crippen molar-refractivity contribution in [2.75, 3.05) is 7.05 Å². The van der Waals surface area contributed by atoms with Crippen molar-refractivity contribution in [3.63, 3.8) is 0 Å². The summed E-state index contributed by atoms with van der Waals surface area (Å²) in [6.07, 6.45) is 2.78. The Morgan fingerprint density at radius 1 is 1.50 bits per heavy atom. The van der Waals surface area contributed by atoms with Crippen LogP contribution in [0.25, 0.3) is 0 Å². The van der Waals surface area contributed by atoms with E-state index in [0.29, 0.717) is 25.1 Å². The van der Waals surface area contributed by atoms with Gasteiger partial charge in [-0.05, 0) is 25.0 Å². The van der Waals surface area contributed by atoms with Crippen LogP contribution in [-0.2, 0) is 11.3 Å². The zero-order valence-corrected chi connectivity index (χ0v) is 9.49.